The Morgan fingerprint density at radius 3 is 2.48 bits per heavy atom. The fourth-order valence-corrected chi connectivity index (χ4v) is 2.46. The van der Waals surface area contributed by atoms with Gasteiger partial charge in [-0.1, -0.05) is 36.1 Å². The molecule has 0 spiro atoms. The van der Waals surface area contributed by atoms with Gasteiger partial charge in [-0.2, -0.15) is 0 Å². The summed E-state index contributed by atoms with van der Waals surface area (Å²) in [7, 11) is 0. The number of carbonyl (C=O) groups excluding carboxylic acids is 2. The van der Waals surface area contributed by atoms with Crippen molar-refractivity contribution in [2.24, 2.45) is 0 Å². The molecule has 23 heavy (non-hydrogen) atoms. The number of nitrogens with one attached hydrogen (secondary N) is 2. The molecule has 1 heterocycles. The van der Waals surface area contributed by atoms with Gasteiger partial charge in [-0.25, -0.2) is 0 Å². The van der Waals surface area contributed by atoms with E-state index < -0.39 is 6.04 Å². The number of anilines is 1. The first kappa shape index (κ1) is 14.9. The molecule has 0 aromatic heterocycles. The van der Waals surface area contributed by atoms with Gasteiger partial charge in [0, 0.05) is 11.1 Å². The summed E-state index contributed by atoms with van der Waals surface area (Å²) in [6.07, 6.45) is 0. The number of hydrogen-bond acceptors (Lipinski definition) is 2. The van der Waals surface area contributed by atoms with E-state index in [1.807, 2.05) is 49.4 Å². The first-order valence-electron chi connectivity index (χ1n) is 7.38. The Bertz CT molecular complexity index is 845. The van der Waals surface area contributed by atoms with Crippen LogP contribution in [0.25, 0.3) is 0 Å². The van der Waals surface area contributed by atoms with Gasteiger partial charge in [-0.05, 0) is 37.6 Å². The monoisotopic (exact) mass is 304 g/mol. The highest BCUT2D eigenvalue weighted by molar-refractivity contribution is 6.11. The number of carbonyl (C=O) groups is 2. The Morgan fingerprint density at radius 2 is 1.74 bits per heavy atom. The van der Waals surface area contributed by atoms with Crippen LogP contribution in [0, 0.1) is 18.8 Å². The molecule has 2 aromatic carbocycles. The van der Waals surface area contributed by atoms with E-state index in [1.165, 1.54) is 0 Å². The van der Waals surface area contributed by atoms with E-state index in [-0.39, 0.29) is 11.8 Å². The Balaban J connectivity index is 2.11. The fraction of sp³-hybridized carbons (Fsp3) is 0.158. The van der Waals surface area contributed by atoms with Crippen molar-refractivity contribution in [2.75, 3.05) is 5.32 Å². The van der Waals surface area contributed by atoms with Gasteiger partial charge in [0.25, 0.3) is 5.91 Å². The second-order valence-electron chi connectivity index (χ2n) is 5.48. The van der Waals surface area contributed by atoms with E-state index in [0.717, 1.165) is 11.1 Å². The minimum absolute atomic E-state index is 0.245. The quantitative estimate of drug-likeness (QED) is 0.735. The maximum Gasteiger partial charge on any atom is 0.254 e. The van der Waals surface area contributed by atoms with Crippen LogP contribution in [0.1, 0.15) is 34.0 Å². The van der Waals surface area contributed by atoms with Crippen LogP contribution >= 0.6 is 0 Å². The van der Waals surface area contributed by atoms with E-state index in [2.05, 4.69) is 22.5 Å². The Kier molecular flexibility index (Phi) is 3.86. The van der Waals surface area contributed by atoms with Crippen molar-refractivity contribution >= 4 is 17.5 Å². The SMILES string of the molecule is Cc1ccc(C#Cc2ccccc2)c2c1C(=O)NC(C)C(=O)N2. The standard InChI is InChI=1S/C19H16N2O2/c1-12-8-10-15(11-9-14-6-4-3-5-7-14)17-16(12)19(23)20-13(2)18(22)21-17/h3-8,10,13H,1-2H3,(H,20,23)(H,21,22). The van der Waals surface area contributed by atoms with Gasteiger partial charge in [-0.3, -0.25) is 9.59 Å². The van der Waals surface area contributed by atoms with E-state index in [0.29, 0.717) is 16.8 Å². The summed E-state index contributed by atoms with van der Waals surface area (Å²) >= 11 is 0. The van der Waals surface area contributed by atoms with Crippen molar-refractivity contribution in [1.29, 1.82) is 0 Å². The summed E-state index contributed by atoms with van der Waals surface area (Å²) in [5, 5.41) is 5.51. The molecule has 1 unspecified atom stereocenters. The lowest BCUT2D eigenvalue weighted by Gasteiger charge is -2.10. The predicted octanol–water partition coefficient (Wildman–Crippen LogP) is 2.47. The molecule has 3 rings (SSSR count). The smallest absolute Gasteiger partial charge is 0.254 e. The molecule has 4 heteroatoms. The molecule has 0 aliphatic carbocycles. The van der Waals surface area contributed by atoms with Crippen LogP contribution in [-0.2, 0) is 4.79 Å². The molecule has 2 aromatic rings. The molecule has 2 N–H and O–H groups in total. The molecule has 1 aliphatic rings. The van der Waals surface area contributed by atoms with Gasteiger partial charge < -0.3 is 10.6 Å². The average Bonchev–Trinajstić information content (AvgIpc) is 2.65. The van der Waals surface area contributed by atoms with Crippen LogP contribution in [-0.4, -0.2) is 17.9 Å². The van der Waals surface area contributed by atoms with E-state index in [4.69, 9.17) is 0 Å². The van der Waals surface area contributed by atoms with Gasteiger partial charge in [0.15, 0.2) is 0 Å². The van der Waals surface area contributed by atoms with Gasteiger partial charge >= 0.3 is 0 Å². The Labute approximate surface area is 134 Å². The van der Waals surface area contributed by atoms with Gasteiger partial charge in [0.1, 0.15) is 6.04 Å². The molecule has 114 valence electrons. The molecule has 0 saturated carbocycles. The van der Waals surface area contributed by atoms with Crippen LogP contribution in [0.2, 0.25) is 0 Å². The Hall–Kier alpha value is -3.06. The third-order valence-corrected chi connectivity index (χ3v) is 3.75. The minimum Gasteiger partial charge on any atom is -0.340 e. The predicted molar refractivity (Wildman–Crippen MR) is 89.2 cm³/mol. The van der Waals surface area contributed by atoms with Gasteiger partial charge in [0.2, 0.25) is 5.91 Å². The van der Waals surface area contributed by atoms with E-state index >= 15 is 0 Å². The zero-order valence-corrected chi connectivity index (χ0v) is 12.9. The van der Waals surface area contributed by atoms with Crippen molar-refractivity contribution in [3.05, 3.63) is 64.7 Å². The topological polar surface area (TPSA) is 58.2 Å². The number of hydrogen-bond donors (Lipinski definition) is 2. The van der Waals surface area contributed by atoms with Crippen molar-refractivity contribution in [1.82, 2.24) is 5.32 Å². The summed E-state index contributed by atoms with van der Waals surface area (Å²) in [6.45, 7) is 3.50. The molecular weight excluding hydrogens is 288 g/mol. The summed E-state index contributed by atoms with van der Waals surface area (Å²) in [6, 6.07) is 12.7. The number of fused-ring (bicyclic) bond motifs is 1. The number of amides is 2. The molecule has 2 amide bonds. The van der Waals surface area contributed by atoms with Crippen LogP contribution in [0.5, 0.6) is 0 Å². The normalized spacial score (nSPS) is 16.3. The molecule has 0 fully saturated rings. The van der Waals surface area contributed by atoms with Crippen molar-refractivity contribution in [3.63, 3.8) is 0 Å². The summed E-state index contributed by atoms with van der Waals surface area (Å²) in [5.74, 6) is 5.61. The first-order chi connectivity index (χ1) is 11.1. The van der Waals surface area contributed by atoms with Gasteiger partial charge in [0.05, 0.1) is 11.3 Å². The van der Waals surface area contributed by atoms with Crippen molar-refractivity contribution in [2.45, 2.75) is 19.9 Å². The summed E-state index contributed by atoms with van der Waals surface area (Å²) < 4.78 is 0. The maximum atomic E-state index is 12.4. The minimum atomic E-state index is -0.579. The van der Waals surface area contributed by atoms with Crippen LogP contribution in [0.4, 0.5) is 5.69 Å². The van der Waals surface area contributed by atoms with Crippen LogP contribution < -0.4 is 10.6 Å². The fourth-order valence-electron chi connectivity index (χ4n) is 2.46. The molecule has 0 saturated heterocycles. The third-order valence-electron chi connectivity index (χ3n) is 3.75. The van der Waals surface area contributed by atoms with Crippen molar-refractivity contribution in [3.8, 4) is 11.8 Å². The zero-order valence-electron chi connectivity index (χ0n) is 12.9. The molecule has 1 aliphatic heterocycles. The number of benzene rings is 2. The van der Waals surface area contributed by atoms with Crippen LogP contribution in [0.3, 0.4) is 0 Å². The number of aryl methyl sites for hydroxylation is 1. The zero-order chi connectivity index (χ0) is 16.4. The molecule has 4 nitrogen and oxygen atoms in total. The van der Waals surface area contributed by atoms with Crippen LogP contribution in [0.15, 0.2) is 42.5 Å². The van der Waals surface area contributed by atoms with E-state index in [1.54, 1.807) is 6.92 Å². The van der Waals surface area contributed by atoms with E-state index in [9.17, 15) is 9.59 Å². The van der Waals surface area contributed by atoms with Gasteiger partial charge in [-0.15, -0.1) is 0 Å². The lowest BCUT2D eigenvalue weighted by atomic mass is 10.0. The molecule has 0 radical (unpaired) electrons. The highest BCUT2D eigenvalue weighted by Gasteiger charge is 2.27. The lowest BCUT2D eigenvalue weighted by Crippen LogP contribution is -2.38. The summed E-state index contributed by atoms with van der Waals surface area (Å²) in [5.41, 5.74) is 3.27. The lowest BCUT2D eigenvalue weighted by molar-refractivity contribution is -0.117. The second-order valence-corrected chi connectivity index (χ2v) is 5.48. The highest BCUT2D eigenvalue weighted by Crippen LogP contribution is 2.26. The molecule has 0 bridgehead atoms. The second kappa shape index (κ2) is 5.98. The third kappa shape index (κ3) is 2.95. The average molecular weight is 304 g/mol. The summed E-state index contributed by atoms with van der Waals surface area (Å²) in [4.78, 5) is 24.4. The highest BCUT2D eigenvalue weighted by atomic mass is 16.2. The first-order valence-corrected chi connectivity index (χ1v) is 7.38. The Morgan fingerprint density at radius 1 is 1.00 bits per heavy atom. The molecular formula is C19H16N2O2. The number of rotatable bonds is 0. The molecule has 1 atom stereocenters. The largest absolute Gasteiger partial charge is 0.340 e. The maximum absolute atomic E-state index is 12.4. The van der Waals surface area contributed by atoms with Crippen molar-refractivity contribution < 1.29 is 9.59 Å².